The van der Waals surface area contributed by atoms with Crippen molar-refractivity contribution in [1.82, 2.24) is 20.2 Å². The number of benzene rings is 2. The van der Waals surface area contributed by atoms with Crippen LogP contribution in [0.4, 0.5) is 0 Å². The maximum atomic E-state index is 10.9. The normalized spacial score (nSPS) is 11.9. The van der Waals surface area contributed by atoms with Crippen LogP contribution in [0.1, 0.15) is 6.92 Å². The quantitative estimate of drug-likeness (QED) is 0.725. The van der Waals surface area contributed by atoms with Crippen LogP contribution in [-0.4, -0.2) is 31.3 Å². The average molecular weight is 359 g/mol. The van der Waals surface area contributed by atoms with E-state index in [1.165, 1.54) is 4.80 Å². The number of rotatable bonds is 6. The van der Waals surface area contributed by atoms with E-state index in [1.807, 2.05) is 12.1 Å². The van der Waals surface area contributed by atoms with Gasteiger partial charge in [0.2, 0.25) is 5.82 Å². The largest absolute Gasteiger partial charge is 0.481 e. The van der Waals surface area contributed by atoms with Crippen molar-refractivity contribution in [2.75, 3.05) is 0 Å². The Morgan fingerprint density at radius 2 is 1.76 bits per heavy atom. The SMILES string of the molecule is C[C@@H](Cn1nnc(-c2ccc(Oc3ccc(Cl)cc3)cc2)n1)C(=O)O. The zero-order valence-electron chi connectivity index (χ0n) is 13.3. The summed E-state index contributed by atoms with van der Waals surface area (Å²) in [4.78, 5) is 12.2. The predicted octanol–water partition coefficient (Wildman–Crippen LogP) is 3.51. The van der Waals surface area contributed by atoms with Gasteiger partial charge in [0.25, 0.3) is 0 Å². The second-order valence-electron chi connectivity index (χ2n) is 5.49. The molecular formula is C17H15ClN4O3. The molecule has 0 saturated heterocycles. The van der Waals surface area contributed by atoms with Gasteiger partial charge in [0, 0.05) is 10.6 Å². The zero-order chi connectivity index (χ0) is 17.8. The first-order valence-corrected chi connectivity index (χ1v) is 7.93. The smallest absolute Gasteiger partial charge is 0.308 e. The number of carboxylic acids is 1. The van der Waals surface area contributed by atoms with Crippen molar-refractivity contribution in [3.05, 3.63) is 53.6 Å². The second-order valence-corrected chi connectivity index (χ2v) is 5.92. The maximum absolute atomic E-state index is 10.9. The van der Waals surface area contributed by atoms with E-state index in [0.29, 0.717) is 22.3 Å². The molecule has 0 aliphatic carbocycles. The molecule has 0 bridgehead atoms. The van der Waals surface area contributed by atoms with Crippen LogP contribution in [0.15, 0.2) is 48.5 Å². The molecule has 1 heterocycles. The molecule has 2 aromatic carbocycles. The van der Waals surface area contributed by atoms with Crippen LogP contribution in [0.3, 0.4) is 0 Å². The summed E-state index contributed by atoms with van der Waals surface area (Å²) in [6.45, 7) is 1.76. The van der Waals surface area contributed by atoms with Gasteiger partial charge in [-0.15, -0.1) is 10.2 Å². The number of halogens is 1. The summed E-state index contributed by atoms with van der Waals surface area (Å²) in [6.07, 6.45) is 0. The highest BCUT2D eigenvalue weighted by atomic mass is 35.5. The van der Waals surface area contributed by atoms with Crippen LogP contribution >= 0.6 is 11.6 Å². The van der Waals surface area contributed by atoms with Crippen molar-refractivity contribution in [3.8, 4) is 22.9 Å². The van der Waals surface area contributed by atoms with E-state index in [2.05, 4.69) is 15.4 Å². The predicted molar refractivity (Wildman–Crippen MR) is 91.6 cm³/mol. The van der Waals surface area contributed by atoms with E-state index in [-0.39, 0.29) is 6.54 Å². The maximum Gasteiger partial charge on any atom is 0.308 e. The van der Waals surface area contributed by atoms with E-state index in [9.17, 15) is 4.79 Å². The van der Waals surface area contributed by atoms with Crippen molar-refractivity contribution in [2.24, 2.45) is 5.92 Å². The van der Waals surface area contributed by atoms with Crippen molar-refractivity contribution < 1.29 is 14.6 Å². The van der Waals surface area contributed by atoms with Gasteiger partial charge in [0.05, 0.1) is 12.5 Å². The van der Waals surface area contributed by atoms with Crippen LogP contribution in [0.2, 0.25) is 5.02 Å². The fourth-order valence-electron chi connectivity index (χ4n) is 2.07. The molecular weight excluding hydrogens is 344 g/mol. The number of carboxylic acid groups (broad SMARTS) is 1. The lowest BCUT2D eigenvalue weighted by atomic mass is 10.2. The Labute approximate surface area is 148 Å². The molecule has 0 aliphatic rings. The molecule has 25 heavy (non-hydrogen) atoms. The molecule has 0 amide bonds. The van der Waals surface area contributed by atoms with E-state index >= 15 is 0 Å². The first kappa shape index (κ1) is 16.9. The summed E-state index contributed by atoms with van der Waals surface area (Å²) in [7, 11) is 0. The number of hydrogen-bond donors (Lipinski definition) is 1. The van der Waals surface area contributed by atoms with Gasteiger partial charge in [0.15, 0.2) is 0 Å². The average Bonchev–Trinajstić information content (AvgIpc) is 3.06. The van der Waals surface area contributed by atoms with Crippen molar-refractivity contribution >= 4 is 17.6 Å². The van der Waals surface area contributed by atoms with E-state index < -0.39 is 11.9 Å². The highest BCUT2D eigenvalue weighted by molar-refractivity contribution is 6.30. The van der Waals surface area contributed by atoms with Gasteiger partial charge >= 0.3 is 5.97 Å². The molecule has 0 saturated carbocycles. The number of ether oxygens (including phenoxy) is 1. The van der Waals surface area contributed by atoms with Gasteiger partial charge in [-0.2, -0.15) is 4.80 Å². The van der Waals surface area contributed by atoms with E-state index in [1.54, 1.807) is 43.3 Å². The van der Waals surface area contributed by atoms with Crippen molar-refractivity contribution in [2.45, 2.75) is 13.5 Å². The molecule has 3 rings (SSSR count). The van der Waals surface area contributed by atoms with Gasteiger partial charge in [-0.25, -0.2) is 0 Å². The minimum atomic E-state index is -0.900. The summed E-state index contributed by atoms with van der Waals surface area (Å²) >= 11 is 5.84. The third-order valence-electron chi connectivity index (χ3n) is 3.47. The third kappa shape index (κ3) is 4.33. The molecule has 0 aliphatic heterocycles. The summed E-state index contributed by atoms with van der Waals surface area (Å²) < 4.78 is 5.72. The molecule has 7 nitrogen and oxygen atoms in total. The number of nitrogens with zero attached hydrogens (tertiary/aromatic N) is 4. The first-order chi connectivity index (χ1) is 12.0. The highest BCUT2D eigenvalue weighted by Crippen LogP contribution is 2.25. The Bertz CT molecular complexity index is 862. The molecule has 1 aromatic heterocycles. The van der Waals surface area contributed by atoms with Gasteiger partial charge in [0.1, 0.15) is 11.5 Å². The molecule has 8 heteroatoms. The molecule has 1 atom stereocenters. The Morgan fingerprint density at radius 1 is 1.16 bits per heavy atom. The lowest BCUT2D eigenvalue weighted by molar-refractivity contribution is -0.141. The molecule has 1 N–H and O–H groups in total. The summed E-state index contributed by atoms with van der Waals surface area (Å²) in [5, 5.41) is 21.6. The summed E-state index contributed by atoms with van der Waals surface area (Å²) in [5.41, 5.74) is 0.762. The van der Waals surface area contributed by atoms with Crippen LogP contribution in [0, 0.1) is 5.92 Å². The van der Waals surface area contributed by atoms with Crippen LogP contribution < -0.4 is 4.74 Å². The number of tetrazole rings is 1. The Morgan fingerprint density at radius 3 is 2.36 bits per heavy atom. The lowest BCUT2D eigenvalue weighted by Gasteiger charge is -2.06. The fourth-order valence-corrected chi connectivity index (χ4v) is 2.20. The number of hydrogen-bond acceptors (Lipinski definition) is 5. The van der Waals surface area contributed by atoms with Crippen molar-refractivity contribution in [1.29, 1.82) is 0 Å². The summed E-state index contributed by atoms with van der Waals surface area (Å²) in [6, 6.07) is 14.3. The third-order valence-corrected chi connectivity index (χ3v) is 3.73. The van der Waals surface area contributed by atoms with E-state index in [4.69, 9.17) is 21.4 Å². The fraction of sp³-hybridized carbons (Fsp3) is 0.176. The van der Waals surface area contributed by atoms with Gasteiger partial charge in [-0.05, 0) is 53.7 Å². The van der Waals surface area contributed by atoms with Crippen LogP contribution in [0.25, 0.3) is 11.4 Å². The lowest BCUT2D eigenvalue weighted by Crippen LogP contribution is -2.18. The van der Waals surface area contributed by atoms with Crippen molar-refractivity contribution in [3.63, 3.8) is 0 Å². The molecule has 0 spiro atoms. The second kappa shape index (κ2) is 7.31. The topological polar surface area (TPSA) is 90.1 Å². The van der Waals surface area contributed by atoms with Gasteiger partial charge < -0.3 is 9.84 Å². The molecule has 0 radical (unpaired) electrons. The number of carbonyl (C=O) groups is 1. The van der Waals surface area contributed by atoms with E-state index in [0.717, 1.165) is 5.56 Å². The molecule has 0 unspecified atom stereocenters. The Kier molecular flexibility index (Phi) is 4.95. The monoisotopic (exact) mass is 358 g/mol. The first-order valence-electron chi connectivity index (χ1n) is 7.56. The summed E-state index contributed by atoms with van der Waals surface area (Å²) in [5.74, 6) is 0.289. The van der Waals surface area contributed by atoms with Gasteiger partial charge in [-0.3, -0.25) is 4.79 Å². The highest BCUT2D eigenvalue weighted by Gasteiger charge is 2.14. The zero-order valence-corrected chi connectivity index (χ0v) is 14.1. The number of aliphatic carboxylic acids is 1. The minimum absolute atomic E-state index is 0.167. The number of aromatic nitrogens is 4. The van der Waals surface area contributed by atoms with Crippen LogP contribution in [-0.2, 0) is 11.3 Å². The van der Waals surface area contributed by atoms with Crippen LogP contribution in [0.5, 0.6) is 11.5 Å². The molecule has 3 aromatic rings. The molecule has 0 fully saturated rings. The molecule has 128 valence electrons. The van der Waals surface area contributed by atoms with Gasteiger partial charge in [-0.1, -0.05) is 18.5 Å². The Balaban J connectivity index is 1.69. The minimum Gasteiger partial charge on any atom is -0.481 e. The standard InChI is InChI=1S/C17H15ClN4O3/c1-11(17(23)24)10-22-20-16(19-21-22)12-2-6-14(7-3-12)25-15-8-4-13(18)5-9-15/h2-9,11H,10H2,1H3,(H,23,24)/t11-/m0/s1. The Hall–Kier alpha value is -2.93.